The van der Waals surface area contributed by atoms with Gasteiger partial charge in [0.05, 0.1) is 5.69 Å². The van der Waals surface area contributed by atoms with Gasteiger partial charge in [0, 0.05) is 11.6 Å². The average Bonchev–Trinajstić information content (AvgIpc) is 3.42. The number of hydrogen-bond donors (Lipinski definition) is 0. The Morgan fingerprint density at radius 3 is 2.71 bits per heavy atom. The predicted molar refractivity (Wildman–Crippen MR) is 129 cm³/mol. The molecule has 0 unspecified atom stereocenters. The van der Waals surface area contributed by atoms with Gasteiger partial charge in [0.25, 0.3) is 5.56 Å². The molecule has 0 atom stereocenters. The van der Waals surface area contributed by atoms with E-state index in [-0.39, 0.29) is 17.9 Å². The molecule has 1 aliphatic heterocycles. The molecule has 0 bridgehead atoms. The number of carbonyl (C=O) groups is 1. The molecule has 2 aromatic heterocycles. The highest BCUT2D eigenvalue weighted by molar-refractivity contribution is 7.16. The van der Waals surface area contributed by atoms with Gasteiger partial charge in [0.15, 0.2) is 5.70 Å². The zero-order valence-corrected chi connectivity index (χ0v) is 19.3. The smallest absolute Gasteiger partial charge is 0.363 e. The lowest BCUT2D eigenvalue weighted by Crippen LogP contribution is -2.16. The highest BCUT2D eigenvalue weighted by Gasteiger charge is 2.24. The standard InChI is InChI=1S/C25H20N4O4S/c1-3-21-28-29-22(30)13-18(26-25(29)34-21)14-32-19-9-7-16(8-10-19)12-20-24(31)33-23(27-20)17-6-4-5-15(2)11-17/h4-13H,3,14H2,1-2H3/b20-12+. The number of benzene rings is 2. The summed E-state index contributed by atoms with van der Waals surface area (Å²) in [6.07, 6.45) is 2.42. The Hall–Kier alpha value is -4.11. The van der Waals surface area contributed by atoms with Crippen molar-refractivity contribution in [3.05, 3.63) is 98.0 Å². The number of aromatic nitrogens is 3. The molecule has 8 nitrogen and oxygen atoms in total. The molecule has 5 rings (SSSR count). The van der Waals surface area contributed by atoms with Gasteiger partial charge in [-0.1, -0.05) is 48.1 Å². The summed E-state index contributed by atoms with van der Waals surface area (Å²) in [5.74, 6) is 0.423. The van der Waals surface area contributed by atoms with Gasteiger partial charge in [-0.25, -0.2) is 14.8 Å². The third-order valence-corrected chi connectivity index (χ3v) is 6.15. The molecular weight excluding hydrogens is 452 g/mol. The monoisotopic (exact) mass is 472 g/mol. The Labute approximate surface area is 198 Å². The van der Waals surface area contributed by atoms with E-state index in [0.29, 0.717) is 22.3 Å². The highest BCUT2D eigenvalue weighted by atomic mass is 32.1. The molecule has 1 aliphatic rings. The van der Waals surface area contributed by atoms with Crippen LogP contribution in [0.2, 0.25) is 0 Å². The lowest BCUT2D eigenvalue weighted by Gasteiger charge is -2.06. The number of rotatable bonds is 6. The van der Waals surface area contributed by atoms with Crippen molar-refractivity contribution in [1.29, 1.82) is 0 Å². The largest absolute Gasteiger partial charge is 0.487 e. The van der Waals surface area contributed by atoms with Gasteiger partial charge in [-0.3, -0.25) is 4.79 Å². The van der Waals surface area contributed by atoms with E-state index in [4.69, 9.17) is 9.47 Å². The van der Waals surface area contributed by atoms with Crippen molar-refractivity contribution in [2.24, 2.45) is 4.99 Å². The number of fused-ring (bicyclic) bond motifs is 1. The van der Waals surface area contributed by atoms with Gasteiger partial charge in [-0.05, 0) is 49.2 Å². The van der Waals surface area contributed by atoms with Crippen molar-refractivity contribution in [3.63, 3.8) is 0 Å². The van der Waals surface area contributed by atoms with Crippen molar-refractivity contribution >= 4 is 34.2 Å². The fourth-order valence-electron chi connectivity index (χ4n) is 3.40. The molecule has 0 saturated carbocycles. The lowest BCUT2D eigenvalue weighted by molar-refractivity contribution is -0.129. The molecule has 34 heavy (non-hydrogen) atoms. The summed E-state index contributed by atoms with van der Waals surface area (Å²) >= 11 is 1.39. The van der Waals surface area contributed by atoms with Crippen LogP contribution in [0.1, 0.15) is 34.3 Å². The zero-order chi connectivity index (χ0) is 23.7. The maximum Gasteiger partial charge on any atom is 0.363 e. The van der Waals surface area contributed by atoms with E-state index >= 15 is 0 Å². The Balaban J connectivity index is 1.28. The van der Waals surface area contributed by atoms with E-state index in [9.17, 15) is 9.59 Å². The maximum atomic E-state index is 12.3. The normalized spacial score (nSPS) is 14.5. The summed E-state index contributed by atoms with van der Waals surface area (Å²) in [6, 6.07) is 16.3. The fourth-order valence-corrected chi connectivity index (χ4v) is 4.26. The highest BCUT2D eigenvalue weighted by Crippen LogP contribution is 2.21. The van der Waals surface area contributed by atoms with Gasteiger partial charge in [0.1, 0.15) is 17.4 Å². The van der Waals surface area contributed by atoms with E-state index in [1.165, 1.54) is 21.9 Å². The Morgan fingerprint density at radius 2 is 1.94 bits per heavy atom. The summed E-state index contributed by atoms with van der Waals surface area (Å²) in [7, 11) is 0. The van der Waals surface area contributed by atoms with E-state index in [2.05, 4.69) is 15.1 Å². The van der Waals surface area contributed by atoms with Crippen LogP contribution in [0, 0.1) is 6.92 Å². The van der Waals surface area contributed by atoms with Gasteiger partial charge in [0.2, 0.25) is 10.9 Å². The second-order valence-corrected chi connectivity index (χ2v) is 8.73. The van der Waals surface area contributed by atoms with Crippen LogP contribution in [0.25, 0.3) is 11.0 Å². The fraction of sp³-hybridized carbons (Fsp3) is 0.160. The lowest BCUT2D eigenvalue weighted by atomic mass is 10.1. The van der Waals surface area contributed by atoms with Gasteiger partial charge in [-0.15, -0.1) is 0 Å². The number of cyclic esters (lactones) is 1. The number of nitrogens with zero attached hydrogens (tertiary/aromatic N) is 4. The molecule has 170 valence electrons. The molecule has 9 heteroatoms. The molecule has 0 N–H and O–H groups in total. The molecule has 0 fully saturated rings. The minimum absolute atomic E-state index is 0.155. The molecule has 0 spiro atoms. The van der Waals surface area contributed by atoms with E-state index < -0.39 is 5.97 Å². The van der Waals surface area contributed by atoms with E-state index in [1.807, 2.05) is 50.2 Å². The minimum atomic E-state index is -0.487. The van der Waals surface area contributed by atoms with Gasteiger partial charge < -0.3 is 9.47 Å². The molecule has 2 aromatic carbocycles. The van der Waals surface area contributed by atoms with Crippen LogP contribution < -0.4 is 10.3 Å². The van der Waals surface area contributed by atoms with Crippen molar-refractivity contribution < 1.29 is 14.3 Å². The van der Waals surface area contributed by atoms with Crippen LogP contribution in [0.3, 0.4) is 0 Å². The third kappa shape index (κ3) is 4.51. The van der Waals surface area contributed by atoms with Gasteiger partial charge in [-0.2, -0.15) is 9.61 Å². The number of carbonyl (C=O) groups excluding carboxylic acids is 1. The first-order chi connectivity index (χ1) is 16.5. The number of aryl methyl sites for hydroxylation is 2. The minimum Gasteiger partial charge on any atom is -0.487 e. The van der Waals surface area contributed by atoms with Crippen molar-refractivity contribution in [2.45, 2.75) is 26.9 Å². The summed E-state index contributed by atoms with van der Waals surface area (Å²) < 4.78 is 12.4. The molecule has 3 heterocycles. The van der Waals surface area contributed by atoms with E-state index in [0.717, 1.165) is 28.1 Å². The Kier molecular flexibility index (Phi) is 5.77. The molecule has 0 amide bonds. The van der Waals surface area contributed by atoms with Crippen LogP contribution in [0.5, 0.6) is 5.75 Å². The van der Waals surface area contributed by atoms with Crippen LogP contribution >= 0.6 is 11.3 Å². The summed E-state index contributed by atoms with van der Waals surface area (Å²) in [6.45, 7) is 4.11. The Morgan fingerprint density at radius 1 is 1.12 bits per heavy atom. The second-order valence-electron chi connectivity index (χ2n) is 7.69. The number of esters is 1. The SMILES string of the molecule is CCc1nn2c(=O)cc(COc3ccc(/C=C4/N=C(c5cccc(C)c5)OC4=O)cc3)nc2s1. The molecule has 0 saturated heterocycles. The number of ether oxygens (including phenoxy) is 2. The van der Waals surface area contributed by atoms with Crippen LogP contribution in [0.15, 0.2) is 70.1 Å². The van der Waals surface area contributed by atoms with Crippen LogP contribution in [0.4, 0.5) is 0 Å². The van der Waals surface area contributed by atoms with Crippen molar-refractivity contribution in [2.75, 3.05) is 0 Å². The first kappa shape index (κ1) is 21.7. The van der Waals surface area contributed by atoms with Crippen molar-refractivity contribution in [1.82, 2.24) is 14.6 Å². The molecule has 0 aliphatic carbocycles. The maximum absolute atomic E-state index is 12.3. The Bertz CT molecular complexity index is 1520. The number of hydrogen-bond acceptors (Lipinski definition) is 8. The predicted octanol–water partition coefficient (Wildman–Crippen LogP) is 3.95. The quantitative estimate of drug-likeness (QED) is 0.312. The molecule has 0 radical (unpaired) electrons. The second kappa shape index (κ2) is 9.03. The zero-order valence-electron chi connectivity index (χ0n) is 18.5. The third-order valence-electron chi connectivity index (χ3n) is 5.10. The van der Waals surface area contributed by atoms with E-state index in [1.54, 1.807) is 18.2 Å². The summed E-state index contributed by atoms with van der Waals surface area (Å²) in [4.78, 5) is 33.9. The summed E-state index contributed by atoms with van der Waals surface area (Å²) in [5.41, 5.74) is 3.14. The topological polar surface area (TPSA) is 95.2 Å². The van der Waals surface area contributed by atoms with Crippen LogP contribution in [-0.2, 0) is 22.6 Å². The summed E-state index contributed by atoms with van der Waals surface area (Å²) in [5, 5.41) is 5.10. The average molecular weight is 473 g/mol. The molecule has 4 aromatic rings. The van der Waals surface area contributed by atoms with Gasteiger partial charge >= 0.3 is 5.97 Å². The molecular formula is C25H20N4O4S. The number of aliphatic imine (C=N–C) groups is 1. The first-order valence-electron chi connectivity index (χ1n) is 10.7. The van der Waals surface area contributed by atoms with Crippen LogP contribution in [-0.4, -0.2) is 26.5 Å². The first-order valence-corrected chi connectivity index (χ1v) is 11.5. The van der Waals surface area contributed by atoms with Crippen molar-refractivity contribution in [3.8, 4) is 5.75 Å².